The number of carbonyl (C=O) groups is 1. The largest absolute Gasteiger partial charge is 0.455 e. The lowest BCUT2D eigenvalue weighted by Gasteiger charge is -2.28. The van der Waals surface area contributed by atoms with Crippen molar-refractivity contribution in [3.05, 3.63) is 0 Å². The third kappa shape index (κ3) is 2.66. The van der Waals surface area contributed by atoms with Crippen LogP contribution in [0.3, 0.4) is 0 Å². The molecule has 9 heteroatoms. The Morgan fingerprint density at radius 2 is 1.90 bits per heavy atom. The smallest absolute Gasteiger partial charge is 0.338 e. The van der Waals surface area contributed by atoms with E-state index in [1.807, 2.05) is 0 Å². The van der Waals surface area contributed by atoms with Crippen molar-refractivity contribution in [2.75, 3.05) is 19.7 Å². The number of aliphatic hydroxyl groups is 6. The van der Waals surface area contributed by atoms with E-state index in [9.17, 15) is 30.3 Å². The highest BCUT2D eigenvalue weighted by Crippen LogP contribution is 2.23. The number of aliphatic hydroxyl groups excluding tert-OH is 6. The van der Waals surface area contributed by atoms with Gasteiger partial charge in [-0.2, -0.15) is 0 Å². The second-order valence-corrected chi connectivity index (χ2v) is 5.17. The standard InChI is InChI=1S/C11H19NO8/c13-3-4-7(16)5(14)1-12(4)2-6(15)10-8(17)9(18)11(19)20-10/h4-10,13-18H,1-3H2/t4-,5-,6+,7-,8-,9+,10-/m1/s1. The molecule has 0 aromatic rings. The maximum Gasteiger partial charge on any atom is 0.338 e. The number of ether oxygens (including phenoxy) is 1. The summed E-state index contributed by atoms with van der Waals surface area (Å²) in [6.07, 6.45) is -8.04. The number of esters is 1. The van der Waals surface area contributed by atoms with Crippen LogP contribution in [-0.4, -0.2) is 104 Å². The molecule has 2 heterocycles. The molecule has 0 aromatic heterocycles. The van der Waals surface area contributed by atoms with Gasteiger partial charge >= 0.3 is 5.97 Å². The molecule has 0 saturated carbocycles. The SMILES string of the molecule is O=C1O[C@H]([C@@H](O)CN2C[C@@H](O)[C@H](O)[C@H]2CO)[C@H](O)[C@@H]1O. The van der Waals surface area contributed by atoms with Crippen molar-refractivity contribution < 1.29 is 40.2 Å². The predicted octanol–water partition coefficient (Wildman–Crippen LogP) is -4.61. The zero-order chi connectivity index (χ0) is 15.0. The Morgan fingerprint density at radius 3 is 2.40 bits per heavy atom. The van der Waals surface area contributed by atoms with E-state index in [-0.39, 0.29) is 13.1 Å². The summed E-state index contributed by atoms with van der Waals surface area (Å²) in [6, 6.07) is -0.751. The Balaban J connectivity index is 1.98. The Hall–Kier alpha value is -0.810. The maximum absolute atomic E-state index is 11.1. The molecule has 2 saturated heterocycles. The number of β-amino-alcohol motifs (C(OH)–C–C–N with tert-alkyl or cyclic N) is 2. The molecule has 0 unspecified atom stereocenters. The number of hydrogen-bond acceptors (Lipinski definition) is 9. The number of cyclic esters (lactones) is 1. The van der Waals surface area contributed by atoms with Crippen molar-refractivity contribution in [2.45, 2.75) is 42.7 Å². The van der Waals surface area contributed by atoms with Crippen LogP contribution < -0.4 is 0 Å². The molecule has 2 rings (SSSR count). The second kappa shape index (κ2) is 5.90. The minimum Gasteiger partial charge on any atom is -0.455 e. The number of carbonyl (C=O) groups excluding carboxylic acids is 1. The molecular weight excluding hydrogens is 274 g/mol. The second-order valence-electron chi connectivity index (χ2n) is 5.17. The molecule has 0 spiro atoms. The van der Waals surface area contributed by atoms with Crippen LogP contribution in [0.2, 0.25) is 0 Å². The van der Waals surface area contributed by atoms with Gasteiger partial charge in [-0.25, -0.2) is 4.79 Å². The third-order valence-corrected chi connectivity index (χ3v) is 3.82. The van der Waals surface area contributed by atoms with Gasteiger partial charge < -0.3 is 35.4 Å². The summed E-state index contributed by atoms with van der Waals surface area (Å²) in [7, 11) is 0. The van der Waals surface area contributed by atoms with Crippen LogP contribution in [0, 0.1) is 0 Å². The van der Waals surface area contributed by atoms with Gasteiger partial charge in [-0.3, -0.25) is 4.90 Å². The molecule has 2 fully saturated rings. The average Bonchev–Trinajstić information content (AvgIpc) is 2.81. The molecule has 0 aliphatic carbocycles. The van der Waals surface area contributed by atoms with Crippen molar-refractivity contribution in [2.24, 2.45) is 0 Å². The molecule has 116 valence electrons. The van der Waals surface area contributed by atoms with Crippen LogP contribution in [0.15, 0.2) is 0 Å². The summed E-state index contributed by atoms with van der Waals surface area (Å²) in [5.74, 6) is -1.01. The predicted molar refractivity (Wildman–Crippen MR) is 62.4 cm³/mol. The first-order valence-corrected chi connectivity index (χ1v) is 6.32. The molecule has 7 atom stereocenters. The van der Waals surface area contributed by atoms with Gasteiger partial charge in [0.2, 0.25) is 0 Å². The highest BCUT2D eigenvalue weighted by molar-refractivity contribution is 5.77. The average molecular weight is 293 g/mol. The van der Waals surface area contributed by atoms with Gasteiger partial charge in [0.1, 0.15) is 12.2 Å². The third-order valence-electron chi connectivity index (χ3n) is 3.82. The molecule has 6 N–H and O–H groups in total. The molecule has 20 heavy (non-hydrogen) atoms. The Morgan fingerprint density at radius 1 is 1.25 bits per heavy atom. The minimum absolute atomic E-state index is 0.0305. The van der Waals surface area contributed by atoms with E-state index < -0.39 is 55.2 Å². The first kappa shape index (κ1) is 15.6. The molecule has 0 bridgehead atoms. The Kier molecular flexibility index (Phi) is 4.59. The van der Waals surface area contributed by atoms with Crippen molar-refractivity contribution in [1.29, 1.82) is 0 Å². The quantitative estimate of drug-likeness (QED) is 0.281. The lowest BCUT2D eigenvalue weighted by atomic mass is 10.1. The molecule has 0 amide bonds. The topological polar surface area (TPSA) is 151 Å². The molecule has 0 aromatic carbocycles. The fourth-order valence-corrected chi connectivity index (χ4v) is 2.63. The van der Waals surface area contributed by atoms with Crippen LogP contribution in [-0.2, 0) is 9.53 Å². The highest BCUT2D eigenvalue weighted by Gasteiger charge is 2.48. The molecule has 0 radical (unpaired) electrons. The molecule has 9 nitrogen and oxygen atoms in total. The van der Waals surface area contributed by atoms with Crippen LogP contribution in [0.5, 0.6) is 0 Å². The van der Waals surface area contributed by atoms with Gasteiger partial charge in [-0.1, -0.05) is 0 Å². The number of hydrogen-bond donors (Lipinski definition) is 6. The van der Waals surface area contributed by atoms with Crippen LogP contribution >= 0.6 is 0 Å². The van der Waals surface area contributed by atoms with Gasteiger partial charge in [0.25, 0.3) is 0 Å². The summed E-state index contributed by atoms with van der Waals surface area (Å²) in [4.78, 5) is 12.5. The summed E-state index contributed by atoms with van der Waals surface area (Å²) in [6.45, 7) is -0.523. The first-order valence-electron chi connectivity index (χ1n) is 6.32. The van der Waals surface area contributed by atoms with Crippen LogP contribution in [0.4, 0.5) is 0 Å². The zero-order valence-corrected chi connectivity index (χ0v) is 10.6. The lowest BCUT2D eigenvalue weighted by molar-refractivity contribution is -0.151. The molecular formula is C11H19NO8. The fraction of sp³-hybridized carbons (Fsp3) is 0.909. The highest BCUT2D eigenvalue weighted by atomic mass is 16.6. The maximum atomic E-state index is 11.1. The van der Waals surface area contributed by atoms with E-state index in [4.69, 9.17) is 5.11 Å². The van der Waals surface area contributed by atoms with E-state index in [1.54, 1.807) is 0 Å². The summed E-state index contributed by atoms with van der Waals surface area (Å²) in [5, 5.41) is 57.1. The fourth-order valence-electron chi connectivity index (χ4n) is 2.63. The minimum atomic E-state index is -1.70. The molecule has 2 aliphatic rings. The van der Waals surface area contributed by atoms with Crippen molar-refractivity contribution in [3.63, 3.8) is 0 Å². The van der Waals surface area contributed by atoms with E-state index >= 15 is 0 Å². The lowest BCUT2D eigenvalue weighted by Crippen LogP contribution is -2.48. The normalized spacial score (nSPS) is 43.8. The summed E-state index contributed by atoms with van der Waals surface area (Å²) < 4.78 is 4.68. The number of nitrogens with zero attached hydrogens (tertiary/aromatic N) is 1. The van der Waals surface area contributed by atoms with E-state index in [0.29, 0.717) is 0 Å². The molecule has 2 aliphatic heterocycles. The van der Waals surface area contributed by atoms with Crippen molar-refractivity contribution in [3.8, 4) is 0 Å². The van der Waals surface area contributed by atoms with E-state index in [1.165, 1.54) is 4.90 Å². The van der Waals surface area contributed by atoms with Gasteiger partial charge in [0.05, 0.1) is 24.9 Å². The summed E-state index contributed by atoms with van der Waals surface area (Å²) in [5.41, 5.74) is 0. The van der Waals surface area contributed by atoms with Gasteiger partial charge in [-0.15, -0.1) is 0 Å². The number of likely N-dealkylation sites (tertiary alicyclic amines) is 1. The van der Waals surface area contributed by atoms with Crippen LogP contribution in [0.1, 0.15) is 0 Å². The summed E-state index contributed by atoms with van der Waals surface area (Å²) >= 11 is 0. The monoisotopic (exact) mass is 293 g/mol. The van der Waals surface area contributed by atoms with Gasteiger partial charge in [-0.05, 0) is 0 Å². The Labute approximate surface area is 114 Å². The van der Waals surface area contributed by atoms with Gasteiger partial charge in [0.15, 0.2) is 12.2 Å². The zero-order valence-electron chi connectivity index (χ0n) is 10.6. The van der Waals surface area contributed by atoms with Crippen molar-refractivity contribution >= 4 is 5.97 Å². The van der Waals surface area contributed by atoms with E-state index in [2.05, 4.69) is 4.74 Å². The number of rotatable bonds is 4. The first-order chi connectivity index (χ1) is 9.36. The van der Waals surface area contributed by atoms with E-state index in [0.717, 1.165) is 0 Å². The van der Waals surface area contributed by atoms with Gasteiger partial charge in [0, 0.05) is 13.1 Å². The van der Waals surface area contributed by atoms with Crippen molar-refractivity contribution in [1.82, 2.24) is 4.90 Å². The Bertz CT molecular complexity index is 366. The van der Waals surface area contributed by atoms with Crippen LogP contribution in [0.25, 0.3) is 0 Å².